The monoisotopic (exact) mass is 544 g/mol. The van der Waals surface area contributed by atoms with Crippen LogP contribution in [0.3, 0.4) is 0 Å². The van der Waals surface area contributed by atoms with Crippen molar-refractivity contribution >= 4 is 17.5 Å². The number of hydrogen-bond acceptors (Lipinski definition) is 4. The zero-order valence-electron chi connectivity index (χ0n) is 18.7. The number of benzene rings is 1. The van der Waals surface area contributed by atoms with Gasteiger partial charge in [-0.25, -0.2) is 0 Å². The van der Waals surface area contributed by atoms with E-state index in [2.05, 4.69) is 15.6 Å². The SMILES string of the molecule is CC(C)CNC(=O)c1cc(-c2cc(-c3c(C(F)(F)F)c(C(F)(F)C(F)(F)F)nn3C)no2)ccc1Cl. The van der Waals surface area contributed by atoms with Crippen molar-refractivity contribution in [2.24, 2.45) is 13.0 Å². The van der Waals surface area contributed by atoms with E-state index in [0.717, 1.165) is 13.1 Å². The first kappa shape index (κ1) is 27.4. The van der Waals surface area contributed by atoms with Gasteiger partial charge in [0, 0.05) is 25.2 Å². The number of aromatic nitrogens is 3. The van der Waals surface area contributed by atoms with E-state index in [1.54, 1.807) is 0 Å². The van der Waals surface area contributed by atoms with E-state index >= 15 is 0 Å². The van der Waals surface area contributed by atoms with Crippen LogP contribution >= 0.6 is 11.6 Å². The van der Waals surface area contributed by atoms with Gasteiger partial charge in [-0.3, -0.25) is 9.48 Å². The van der Waals surface area contributed by atoms with Crippen LogP contribution in [0, 0.1) is 5.92 Å². The van der Waals surface area contributed by atoms with Crippen molar-refractivity contribution in [1.82, 2.24) is 20.3 Å². The van der Waals surface area contributed by atoms with Gasteiger partial charge in [0.05, 0.1) is 10.6 Å². The molecule has 0 aliphatic rings. The molecule has 0 spiro atoms. The first-order valence-electron chi connectivity index (χ1n) is 10.1. The van der Waals surface area contributed by atoms with Gasteiger partial charge in [0.1, 0.15) is 17.0 Å². The molecule has 3 rings (SSSR count). The minimum absolute atomic E-state index is 0.0105. The topological polar surface area (TPSA) is 73.0 Å². The summed E-state index contributed by atoms with van der Waals surface area (Å²) in [6.07, 6.45) is -12.0. The number of amides is 1. The van der Waals surface area contributed by atoms with E-state index in [4.69, 9.17) is 16.1 Å². The van der Waals surface area contributed by atoms with Crippen molar-refractivity contribution in [2.75, 3.05) is 6.54 Å². The third-order valence-electron chi connectivity index (χ3n) is 4.90. The Bertz CT molecular complexity index is 1280. The van der Waals surface area contributed by atoms with Crippen LogP contribution in [0.2, 0.25) is 5.02 Å². The molecule has 0 saturated heterocycles. The summed E-state index contributed by atoms with van der Waals surface area (Å²) >= 11 is 6.06. The van der Waals surface area contributed by atoms with Crippen molar-refractivity contribution in [2.45, 2.75) is 32.1 Å². The molecular weight excluding hydrogens is 528 g/mol. The molecule has 2 aromatic heterocycles. The lowest BCUT2D eigenvalue weighted by molar-refractivity contribution is -0.292. The molecule has 0 fully saturated rings. The Labute approximate surface area is 203 Å². The number of rotatable bonds is 6. The van der Waals surface area contributed by atoms with Crippen molar-refractivity contribution < 1.29 is 44.4 Å². The van der Waals surface area contributed by atoms with Crippen LogP contribution in [0.1, 0.15) is 35.5 Å². The Balaban J connectivity index is 2.10. The molecule has 1 aromatic carbocycles. The summed E-state index contributed by atoms with van der Waals surface area (Å²) in [6, 6.07) is 4.82. The van der Waals surface area contributed by atoms with Crippen LogP contribution < -0.4 is 5.32 Å². The number of nitrogens with zero attached hydrogens (tertiary/aromatic N) is 3. The molecule has 1 amide bonds. The van der Waals surface area contributed by atoms with Crippen molar-refractivity contribution in [3.63, 3.8) is 0 Å². The number of halogens is 9. The lowest BCUT2D eigenvalue weighted by atomic mass is 10.0. The summed E-state index contributed by atoms with van der Waals surface area (Å²) in [5.41, 5.74) is -6.56. The lowest BCUT2D eigenvalue weighted by Gasteiger charge is -2.19. The summed E-state index contributed by atoms with van der Waals surface area (Å²) in [5.74, 6) is -6.52. The highest BCUT2D eigenvalue weighted by molar-refractivity contribution is 6.34. The van der Waals surface area contributed by atoms with Crippen LogP contribution in [0.25, 0.3) is 22.7 Å². The molecular formula is C21H17ClF8N4O2. The lowest BCUT2D eigenvalue weighted by Crippen LogP contribution is -2.36. The average Bonchev–Trinajstić information content (AvgIpc) is 3.36. The molecule has 0 bridgehead atoms. The van der Waals surface area contributed by atoms with E-state index in [0.29, 0.717) is 6.54 Å². The zero-order valence-corrected chi connectivity index (χ0v) is 19.4. The molecule has 15 heteroatoms. The van der Waals surface area contributed by atoms with Crippen LogP contribution in [0.5, 0.6) is 0 Å². The summed E-state index contributed by atoms with van der Waals surface area (Å²) < 4.78 is 113. The van der Waals surface area contributed by atoms with Crippen LogP contribution in [-0.2, 0) is 19.1 Å². The van der Waals surface area contributed by atoms with Crippen LogP contribution in [0.4, 0.5) is 35.1 Å². The maximum absolute atomic E-state index is 13.9. The Morgan fingerprint density at radius 1 is 1.11 bits per heavy atom. The molecule has 0 aliphatic carbocycles. The third kappa shape index (κ3) is 5.18. The average molecular weight is 545 g/mol. The Morgan fingerprint density at radius 2 is 1.75 bits per heavy atom. The second kappa shape index (κ2) is 9.37. The summed E-state index contributed by atoms with van der Waals surface area (Å²) in [5, 5.41) is 8.95. The molecule has 6 nitrogen and oxygen atoms in total. The minimum atomic E-state index is -6.33. The highest BCUT2D eigenvalue weighted by atomic mass is 35.5. The quantitative estimate of drug-likeness (QED) is 0.362. The number of aryl methyl sites for hydroxylation is 1. The van der Waals surface area contributed by atoms with Crippen LogP contribution in [-0.4, -0.2) is 33.6 Å². The minimum Gasteiger partial charge on any atom is -0.356 e. The number of carbonyl (C=O) groups excluding carboxylic acids is 1. The van der Waals surface area contributed by atoms with Gasteiger partial charge in [0.25, 0.3) is 5.91 Å². The molecule has 2 heterocycles. The van der Waals surface area contributed by atoms with Gasteiger partial charge >= 0.3 is 18.3 Å². The van der Waals surface area contributed by atoms with Crippen molar-refractivity contribution in [1.29, 1.82) is 0 Å². The molecule has 0 atom stereocenters. The normalized spacial score (nSPS) is 12.9. The number of nitrogens with one attached hydrogen (secondary N) is 1. The molecule has 36 heavy (non-hydrogen) atoms. The Morgan fingerprint density at radius 3 is 2.31 bits per heavy atom. The molecule has 0 unspecified atom stereocenters. The largest absolute Gasteiger partial charge is 0.459 e. The zero-order chi connectivity index (χ0) is 27.2. The van der Waals surface area contributed by atoms with Crippen LogP contribution in [0.15, 0.2) is 28.8 Å². The van der Waals surface area contributed by atoms with Gasteiger partial charge in [-0.1, -0.05) is 30.6 Å². The van der Waals surface area contributed by atoms with E-state index in [1.165, 1.54) is 18.2 Å². The predicted octanol–water partition coefficient (Wildman–Crippen LogP) is 6.45. The smallest absolute Gasteiger partial charge is 0.356 e. The van der Waals surface area contributed by atoms with E-state index in [-0.39, 0.29) is 32.5 Å². The fourth-order valence-electron chi connectivity index (χ4n) is 3.21. The van der Waals surface area contributed by atoms with Gasteiger partial charge in [-0.2, -0.15) is 40.2 Å². The molecule has 0 radical (unpaired) electrons. The Hall–Kier alpha value is -3.16. The Kier molecular flexibility index (Phi) is 7.14. The predicted molar refractivity (Wildman–Crippen MR) is 111 cm³/mol. The fraction of sp³-hybridized carbons (Fsp3) is 0.381. The van der Waals surface area contributed by atoms with Gasteiger partial charge in [0.2, 0.25) is 0 Å². The molecule has 196 valence electrons. The number of carbonyl (C=O) groups is 1. The highest BCUT2D eigenvalue weighted by Crippen LogP contribution is 2.50. The molecule has 0 saturated carbocycles. The van der Waals surface area contributed by atoms with Crippen molar-refractivity contribution in [3.8, 4) is 22.7 Å². The third-order valence-corrected chi connectivity index (χ3v) is 5.23. The van der Waals surface area contributed by atoms with E-state index < -0.39 is 46.8 Å². The van der Waals surface area contributed by atoms with E-state index in [9.17, 15) is 39.9 Å². The number of hydrogen-bond donors (Lipinski definition) is 1. The standard InChI is InChI=1S/C21H17ClF8N4O2/c1-9(2)8-31-18(35)11-6-10(4-5-12(11)22)14-7-13(33-36-14)16-15(20(25,26)27)17(32-34(16)3)19(23,24)21(28,29)30/h4-7,9H,8H2,1-3H3,(H,31,35). The summed E-state index contributed by atoms with van der Waals surface area (Å²) in [6.45, 7) is 4.05. The molecule has 3 aromatic rings. The van der Waals surface area contributed by atoms with Crippen molar-refractivity contribution in [3.05, 3.63) is 46.1 Å². The number of alkyl halides is 8. The first-order chi connectivity index (χ1) is 16.4. The fourth-order valence-corrected chi connectivity index (χ4v) is 3.41. The second-order valence-corrected chi connectivity index (χ2v) is 8.55. The maximum atomic E-state index is 13.9. The first-order valence-corrected chi connectivity index (χ1v) is 10.5. The second-order valence-electron chi connectivity index (χ2n) is 8.14. The van der Waals surface area contributed by atoms with Gasteiger partial charge in [0.15, 0.2) is 11.5 Å². The van der Waals surface area contributed by atoms with Gasteiger partial charge < -0.3 is 9.84 Å². The van der Waals surface area contributed by atoms with Gasteiger partial charge in [-0.15, -0.1) is 0 Å². The summed E-state index contributed by atoms with van der Waals surface area (Å²) in [4.78, 5) is 12.4. The molecule has 0 aliphatic heterocycles. The molecule has 1 N–H and O–H groups in total. The highest BCUT2D eigenvalue weighted by Gasteiger charge is 2.64. The van der Waals surface area contributed by atoms with E-state index in [1.807, 2.05) is 13.8 Å². The summed E-state index contributed by atoms with van der Waals surface area (Å²) in [7, 11) is 0.758. The van der Waals surface area contributed by atoms with Gasteiger partial charge in [-0.05, 0) is 24.1 Å². The maximum Gasteiger partial charge on any atom is 0.459 e.